The van der Waals surface area contributed by atoms with Crippen LogP contribution in [0.15, 0.2) is 132 Å². The van der Waals surface area contributed by atoms with Crippen LogP contribution >= 0.6 is 11.3 Å². The molecule has 4 aromatic heterocycles. The van der Waals surface area contributed by atoms with Gasteiger partial charge >= 0.3 is 0 Å². The van der Waals surface area contributed by atoms with E-state index in [1.807, 2.05) is 17.4 Å². The fourth-order valence-corrected chi connectivity index (χ4v) is 7.75. The molecule has 0 fully saturated rings. The monoisotopic (exact) mass is 555 g/mol. The van der Waals surface area contributed by atoms with Gasteiger partial charge in [0, 0.05) is 25.6 Å². The lowest BCUT2D eigenvalue weighted by Crippen LogP contribution is -1.95. The zero-order valence-corrected chi connectivity index (χ0v) is 23.1. The molecule has 10 aromatic rings. The first kappa shape index (κ1) is 22.3. The smallest absolute Gasteiger partial charge is 0.220 e. The first-order chi connectivity index (χ1) is 20.8. The quantitative estimate of drug-likeness (QED) is 0.213. The van der Waals surface area contributed by atoms with E-state index in [1.54, 1.807) is 0 Å². The van der Waals surface area contributed by atoms with E-state index in [9.17, 15) is 0 Å². The minimum Gasteiger partial charge on any atom is -0.456 e. The molecule has 0 atom stereocenters. The molecule has 0 saturated heterocycles. The van der Waals surface area contributed by atoms with Crippen LogP contribution in [0.1, 0.15) is 0 Å². The van der Waals surface area contributed by atoms with E-state index < -0.39 is 0 Å². The van der Waals surface area contributed by atoms with Crippen LogP contribution in [0.25, 0.3) is 86.8 Å². The zero-order valence-electron chi connectivity index (χ0n) is 22.3. The summed E-state index contributed by atoms with van der Waals surface area (Å²) in [6, 6.07) is 45.2. The van der Waals surface area contributed by atoms with E-state index in [0.29, 0.717) is 0 Å². The van der Waals surface area contributed by atoms with Gasteiger partial charge in [-0.25, -0.2) is 4.98 Å². The minimum absolute atomic E-state index is 0.867. The Morgan fingerprint density at radius 2 is 1.29 bits per heavy atom. The summed E-state index contributed by atoms with van der Waals surface area (Å²) in [5.74, 6) is 0.894. The second-order valence-electron chi connectivity index (χ2n) is 10.8. The average molecular weight is 556 g/mol. The van der Waals surface area contributed by atoms with Gasteiger partial charge in [0.15, 0.2) is 0 Å². The Morgan fingerprint density at radius 1 is 0.548 bits per heavy atom. The van der Waals surface area contributed by atoms with Gasteiger partial charge < -0.3 is 4.42 Å². The van der Waals surface area contributed by atoms with E-state index in [-0.39, 0.29) is 0 Å². The van der Waals surface area contributed by atoms with Crippen molar-refractivity contribution in [3.63, 3.8) is 0 Å². The SMILES string of the molecule is c1ccc2c(c1)nc1n(-c3cccc4oc5ccc(-c6ccc7sc8ccccc8c7c6)cc5c34)c3ccccc3n21. The highest BCUT2D eigenvalue weighted by atomic mass is 32.1. The van der Waals surface area contributed by atoms with Crippen LogP contribution in [-0.4, -0.2) is 14.0 Å². The van der Waals surface area contributed by atoms with Crippen LogP contribution < -0.4 is 0 Å². The van der Waals surface area contributed by atoms with Crippen LogP contribution in [0.3, 0.4) is 0 Å². The molecule has 0 bridgehead atoms. The largest absolute Gasteiger partial charge is 0.456 e. The summed E-state index contributed by atoms with van der Waals surface area (Å²) in [5.41, 5.74) is 9.50. The van der Waals surface area contributed by atoms with Gasteiger partial charge in [0.2, 0.25) is 5.78 Å². The summed E-state index contributed by atoms with van der Waals surface area (Å²) in [7, 11) is 0. The number of nitrogens with zero attached hydrogens (tertiary/aromatic N) is 3. The van der Waals surface area contributed by atoms with Crippen molar-refractivity contribution >= 4 is 81.3 Å². The third-order valence-electron chi connectivity index (χ3n) is 8.53. The van der Waals surface area contributed by atoms with E-state index in [2.05, 4.69) is 130 Å². The molecule has 5 heteroatoms. The molecule has 4 heterocycles. The molecule has 0 N–H and O–H groups in total. The van der Waals surface area contributed by atoms with Crippen molar-refractivity contribution in [2.24, 2.45) is 0 Å². The van der Waals surface area contributed by atoms with E-state index in [4.69, 9.17) is 9.40 Å². The number of hydrogen-bond acceptors (Lipinski definition) is 3. The van der Waals surface area contributed by atoms with Gasteiger partial charge in [-0.2, -0.15) is 0 Å². The highest BCUT2D eigenvalue weighted by Gasteiger charge is 2.20. The Balaban J connectivity index is 1.26. The molecule has 4 nitrogen and oxygen atoms in total. The van der Waals surface area contributed by atoms with Crippen LogP contribution in [0.5, 0.6) is 0 Å². The molecular weight excluding hydrogens is 534 g/mol. The van der Waals surface area contributed by atoms with Crippen molar-refractivity contribution < 1.29 is 4.42 Å². The molecule has 0 aliphatic heterocycles. The first-order valence-electron chi connectivity index (χ1n) is 14.1. The number of hydrogen-bond donors (Lipinski definition) is 0. The lowest BCUT2D eigenvalue weighted by atomic mass is 10.0. The van der Waals surface area contributed by atoms with E-state index in [1.165, 1.54) is 31.3 Å². The molecule has 6 aromatic carbocycles. The van der Waals surface area contributed by atoms with Gasteiger partial charge in [0.05, 0.1) is 33.1 Å². The van der Waals surface area contributed by atoms with Crippen LogP contribution in [0.2, 0.25) is 0 Å². The van der Waals surface area contributed by atoms with Crippen LogP contribution in [0.4, 0.5) is 0 Å². The maximum absolute atomic E-state index is 6.44. The van der Waals surface area contributed by atoms with Crippen molar-refractivity contribution in [3.8, 4) is 16.8 Å². The number of para-hydroxylation sites is 4. The van der Waals surface area contributed by atoms with E-state index >= 15 is 0 Å². The summed E-state index contributed by atoms with van der Waals surface area (Å²) >= 11 is 1.85. The molecule has 0 saturated carbocycles. The van der Waals surface area contributed by atoms with Gasteiger partial charge in [0.1, 0.15) is 11.2 Å². The molecule has 10 rings (SSSR count). The summed E-state index contributed by atoms with van der Waals surface area (Å²) in [6.45, 7) is 0. The molecule has 0 amide bonds. The highest BCUT2D eigenvalue weighted by molar-refractivity contribution is 7.25. The highest BCUT2D eigenvalue weighted by Crippen LogP contribution is 2.40. The summed E-state index contributed by atoms with van der Waals surface area (Å²) in [6.07, 6.45) is 0. The molecular formula is C37H21N3OS. The number of furan rings is 1. The van der Waals surface area contributed by atoms with Crippen molar-refractivity contribution in [2.75, 3.05) is 0 Å². The second-order valence-corrected chi connectivity index (χ2v) is 11.9. The molecule has 0 aliphatic rings. The predicted octanol–water partition coefficient (Wildman–Crippen LogP) is 10.4. The van der Waals surface area contributed by atoms with E-state index in [0.717, 1.165) is 55.5 Å². The molecule has 0 unspecified atom stereocenters. The van der Waals surface area contributed by atoms with Gasteiger partial charge in [-0.3, -0.25) is 8.97 Å². The second kappa shape index (κ2) is 8.09. The first-order valence-corrected chi connectivity index (χ1v) is 14.9. The number of imidazole rings is 2. The molecule has 0 radical (unpaired) electrons. The lowest BCUT2D eigenvalue weighted by molar-refractivity contribution is 0.669. The number of benzene rings is 6. The molecule has 42 heavy (non-hydrogen) atoms. The fraction of sp³-hybridized carbons (Fsp3) is 0. The van der Waals surface area contributed by atoms with Crippen molar-refractivity contribution in [1.82, 2.24) is 14.0 Å². The van der Waals surface area contributed by atoms with Crippen molar-refractivity contribution in [2.45, 2.75) is 0 Å². The Morgan fingerprint density at radius 3 is 2.21 bits per heavy atom. The molecule has 0 aliphatic carbocycles. The Hall–Kier alpha value is -5.39. The van der Waals surface area contributed by atoms with Crippen LogP contribution in [-0.2, 0) is 0 Å². The standard InChI is InChI=1S/C37H21N3OS/c1-6-15-34-24(8-1)25-20-23(17-19-35(25)42-34)22-16-18-32-26(21-22)36-31(13-7-14-33(36)41-32)40-30-12-5-4-11-29(30)39-28-10-3-2-9-27(28)38-37(39)40/h1-21H. The third-order valence-corrected chi connectivity index (χ3v) is 9.68. The number of rotatable bonds is 2. The van der Waals surface area contributed by atoms with Crippen molar-refractivity contribution in [1.29, 1.82) is 0 Å². The van der Waals surface area contributed by atoms with Gasteiger partial charge in [-0.1, -0.05) is 60.7 Å². The minimum atomic E-state index is 0.867. The van der Waals surface area contributed by atoms with Gasteiger partial charge in [-0.05, 0) is 77.9 Å². The fourth-order valence-electron chi connectivity index (χ4n) is 6.67. The lowest BCUT2D eigenvalue weighted by Gasteiger charge is -2.08. The topological polar surface area (TPSA) is 35.4 Å². The predicted molar refractivity (Wildman–Crippen MR) is 175 cm³/mol. The Kier molecular flexibility index (Phi) is 4.30. The molecule has 0 spiro atoms. The van der Waals surface area contributed by atoms with Gasteiger partial charge in [0.25, 0.3) is 0 Å². The summed E-state index contributed by atoms with van der Waals surface area (Å²) < 4.78 is 13.6. The zero-order chi connectivity index (χ0) is 27.4. The Bertz CT molecular complexity index is 2700. The van der Waals surface area contributed by atoms with Crippen molar-refractivity contribution in [3.05, 3.63) is 127 Å². The number of aromatic nitrogens is 3. The Labute approximate surface area is 243 Å². The average Bonchev–Trinajstić information content (AvgIpc) is 3.78. The third kappa shape index (κ3) is 2.93. The normalized spacial score (nSPS) is 12.3. The number of thiophene rings is 1. The number of fused-ring (bicyclic) bond motifs is 11. The maximum Gasteiger partial charge on any atom is 0.220 e. The summed E-state index contributed by atoms with van der Waals surface area (Å²) in [5, 5.41) is 4.80. The molecule has 196 valence electrons. The van der Waals surface area contributed by atoms with Crippen LogP contribution in [0, 0.1) is 0 Å². The summed E-state index contributed by atoms with van der Waals surface area (Å²) in [4.78, 5) is 5.11. The van der Waals surface area contributed by atoms with Gasteiger partial charge in [-0.15, -0.1) is 11.3 Å². The maximum atomic E-state index is 6.44.